The van der Waals surface area contributed by atoms with E-state index < -0.39 is 52.9 Å². The minimum atomic E-state index is -1.43. The summed E-state index contributed by atoms with van der Waals surface area (Å²) in [6.45, 7) is 5.16. The van der Waals surface area contributed by atoms with Crippen molar-refractivity contribution in [3.05, 3.63) is 62.7 Å². The van der Waals surface area contributed by atoms with E-state index in [1.165, 1.54) is 32.9 Å². The van der Waals surface area contributed by atoms with Gasteiger partial charge >= 0.3 is 17.9 Å². The van der Waals surface area contributed by atoms with E-state index in [-0.39, 0.29) is 54.7 Å². The van der Waals surface area contributed by atoms with E-state index in [0.717, 1.165) is 16.7 Å². The number of hydrogen-bond acceptors (Lipinski definition) is 16. The second-order valence-electron chi connectivity index (χ2n) is 16.0. The second-order valence-corrected chi connectivity index (χ2v) is 17.5. The zero-order valence-electron chi connectivity index (χ0n) is 34.0. The number of rotatable bonds is 6. The maximum Gasteiger partial charge on any atom is 0.331 e. The van der Waals surface area contributed by atoms with Gasteiger partial charge in [0.2, 0.25) is 6.79 Å². The number of phenolic OH excluding ortho intramolecular Hbond substituents is 1. The third kappa shape index (κ3) is 5.91. The van der Waals surface area contributed by atoms with Gasteiger partial charge in [0.25, 0.3) is 0 Å². The number of likely N-dealkylation sites (N-methyl/N-ethyl adjacent to an activating group) is 1. The van der Waals surface area contributed by atoms with Gasteiger partial charge in [0.1, 0.15) is 18.4 Å². The van der Waals surface area contributed by atoms with E-state index in [1.807, 2.05) is 27.0 Å². The third-order valence-electron chi connectivity index (χ3n) is 12.9. The molecule has 0 amide bonds. The highest BCUT2D eigenvalue weighted by molar-refractivity contribution is 7.99. The molecule has 17 heteroatoms. The number of nitrogens with zero attached hydrogens (tertiary/aromatic N) is 3. The standard InChI is InChI=1S/C43H45ClN4O11S/c1-19-11-23-12-25-26(15-45)48-27-16-55-42(52)43(24-14-28(53-5)29(59-30(50)7-9-44)13-22(24)8-10-46-43)17-60-41(35(48)34(47(25)4)31(23)36(51)37(19)54-6)33-32(27)40-39(56-18-57-40)20(2)38(33)58-21(3)49/h11,13-14,25-27,34-35,41,46,51H,7-10,12,16-18H2,1-6H3/t25-,26+,27+,34-,35?,41-,43-/m1/s1. The highest BCUT2D eigenvalue weighted by Gasteiger charge is 2.62. The number of fused-ring (bicyclic) bond motifs is 9. The lowest BCUT2D eigenvalue weighted by atomic mass is 9.71. The average molecular weight is 861 g/mol. The maximum absolute atomic E-state index is 15.0. The summed E-state index contributed by atoms with van der Waals surface area (Å²) in [5.41, 5.74) is 4.19. The van der Waals surface area contributed by atoms with Gasteiger partial charge in [-0.15, -0.1) is 23.4 Å². The predicted octanol–water partition coefficient (Wildman–Crippen LogP) is 4.82. The van der Waals surface area contributed by atoms with E-state index in [0.29, 0.717) is 70.2 Å². The smallest absolute Gasteiger partial charge is 0.331 e. The summed E-state index contributed by atoms with van der Waals surface area (Å²) >= 11 is 7.28. The molecule has 7 atom stereocenters. The van der Waals surface area contributed by atoms with Crippen LogP contribution in [0, 0.1) is 25.2 Å². The van der Waals surface area contributed by atoms with Crippen molar-refractivity contribution in [2.75, 3.05) is 52.8 Å². The summed E-state index contributed by atoms with van der Waals surface area (Å²) in [5, 5.41) is 26.2. The third-order valence-corrected chi connectivity index (χ3v) is 14.6. The number of nitrogens with one attached hydrogen (secondary N) is 1. The molecule has 0 saturated carbocycles. The molecule has 0 aromatic heterocycles. The Morgan fingerprint density at radius 3 is 2.55 bits per heavy atom. The molecule has 7 heterocycles. The minimum Gasteiger partial charge on any atom is -0.504 e. The summed E-state index contributed by atoms with van der Waals surface area (Å²) in [6.07, 6.45) is 0.989. The molecule has 7 aliphatic rings. The van der Waals surface area contributed by atoms with Crippen LogP contribution >= 0.6 is 23.4 Å². The van der Waals surface area contributed by atoms with Crippen molar-refractivity contribution >= 4 is 41.3 Å². The summed E-state index contributed by atoms with van der Waals surface area (Å²) < 4.78 is 42.1. The van der Waals surface area contributed by atoms with E-state index >= 15 is 0 Å². The molecule has 2 saturated heterocycles. The number of benzene rings is 3. The number of aryl methyl sites for hydroxylation is 1. The van der Waals surface area contributed by atoms with Crippen LogP contribution in [0.2, 0.25) is 0 Å². The molecule has 10 rings (SSSR count). The Kier molecular flexibility index (Phi) is 10.3. The lowest BCUT2D eigenvalue weighted by molar-refractivity contribution is -0.157. The van der Waals surface area contributed by atoms with Crippen LogP contribution in [-0.2, 0) is 37.5 Å². The van der Waals surface area contributed by atoms with Crippen molar-refractivity contribution in [1.29, 1.82) is 5.26 Å². The number of nitriles is 1. The average Bonchev–Trinajstić information content (AvgIpc) is 3.71. The summed E-state index contributed by atoms with van der Waals surface area (Å²) in [6, 6.07) is 5.24. The number of methoxy groups -OCH3 is 2. The topological polar surface area (TPSA) is 178 Å². The van der Waals surface area contributed by atoms with Crippen molar-refractivity contribution < 1.29 is 52.6 Å². The van der Waals surface area contributed by atoms with Gasteiger partial charge in [-0.1, -0.05) is 6.07 Å². The number of piperazine rings is 1. The number of carbonyl (C=O) groups is 3. The van der Waals surface area contributed by atoms with Gasteiger partial charge in [-0.3, -0.25) is 24.7 Å². The molecule has 60 heavy (non-hydrogen) atoms. The Hall–Kier alpha value is -4.92. The number of alkyl halides is 1. The predicted molar refractivity (Wildman–Crippen MR) is 217 cm³/mol. The maximum atomic E-state index is 15.0. The van der Waals surface area contributed by atoms with Crippen LogP contribution < -0.4 is 33.7 Å². The molecule has 0 radical (unpaired) electrons. The molecule has 3 aromatic rings. The first-order valence-corrected chi connectivity index (χ1v) is 21.4. The van der Waals surface area contributed by atoms with Gasteiger partial charge in [0, 0.05) is 59.4 Å². The number of phenols is 1. The van der Waals surface area contributed by atoms with E-state index in [2.05, 4.69) is 21.2 Å². The molecule has 15 nitrogen and oxygen atoms in total. The second kappa shape index (κ2) is 15.2. The number of ether oxygens (including phenoxy) is 7. The van der Waals surface area contributed by atoms with Crippen molar-refractivity contribution in [1.82, 2.24) is 15.1 Å². The first-order chi connectivity index (χ1) is 28.9. The number of thioether (sulfide) groups is 1. The van der Waals surface area contributed by atoms with Gasteiger partial charge in [-0.2, -0.15) is 5.26 Å². The van der Waals surface area contributed by atoms with Crippen molar-refractivity contribution in [2.24, 2.45) is 0 Å². The lowest BCUT2D eigenvalue weighted by Crippen LogP contribution is -2.69. The largest absolute Gasteiger partial charge is 0.504 e. The molecule has 1 spiro atoms. The van der Waals surface area contributed by atoms with Crippen LogP contribution in [0.4, 0.5) is 0 Å². The molecular weight excluding hydrogens is 816 g/mol. The van der Waals surface area contributed by atoms with Crippen LogP contribution in [-0.4, -0.2) is 104 Å². The fourth-order valence-corrected chi connectivity index (χ4v) is 12.3. The lowest BCUT2D eigenvalue weighted by Gasteiger charge is -2.62. The number of carbonyl (C=O) groups excluding carboxylic acids is 3. The molecule has 7 aliphatic heterocycles. The first-order valence-electron chi connectivity index (χ1n) is 19.8. The van der Waals surface area contributed by atoms with Gasteiger partial charge in [0.15, 0.2) is 40.0 Å². The van der Waals surface area contributed by atoms with E-state index in [9.17, 15) is 24.8 Å². The minimum absolute atomic E-state index is 0.00582. The van der Waals surface area contributed by atoms with Crippen LogP contribution in [0.25, 0.3) is 0 Å². The molecular formula is C43H45ClN4O11S. The summed E-state index contributed by atoms with van der Waals surface area (Å²) in [5.74, 6) is 0.646. The van der Waals surface area contributed by atoms with Gasteiger partial charge in [0.05, 0.1) is 44.0 Å². The Balaban J connectivity index is 1.29. The first kappa shape index (κ1) is 40.5. The number of esters is 3. The Labute approximate surface area is 356 Å². The fourth-order valence-electron chi connectivity index (χ4n) is 10.5. The quantitative estimate of drug-likeness (QED) is 0.196. The Morgan fingerprint density at radius 1 is 1.05 bits per heavy atom. The van der Waals surface area contributed by atoms with E-state index in [1.54, 1.807) is 12.1 Å². The molecule has 4 bridgehead atoms. The summed E-state index contributed by atoms with van der Waals surface area (Å²) in [7, 11) is 4.97. The van der Waals surface area contributed by atoms with Crippen LogP contribution in [0.15, 0.2) is 18.2 Å². The monoisotopic (exact) mass is 860 g/mol. The van der Waals surface area contributed by atoms with Crippen LogP contribution in [0.3, 0.4) is 0 Å². The van der Waals surface area contributed by atoms with Gasteiger partial charge in [-0.05, 0) is 68.1 Å². The Bertz CT molecular complexity index is 2390. The van der Waals surface area contributed by atoms with Crippen molar-refractivity contribution in [2.45, 2.75) is 81.0 Å². The SMILES string of the molecule is COc1cc2c(cc1OC(=O)CCCl)CCN[C@]21CS[C@@H]2c3c(OC(C)=O)c(C)c4c(c3[C@H](COC1=O)N1C2[C@H]2c3c(cc(C)c(OC)c3O)C[C@H]([C@@H]1C#N)N2C)OCO4. The van der Waals surface area contributed by atoms with Crippen molar-refractivity contribution in [3.63, 3.8) is 0 Å². The summed E-state index contributed by atoms with van der Waals surface area (Å²) in [4.78, 5) is 44.9. The molecule has 0 aliphatic carbocycles. The Morgan fingerprint density at radius 2 is 1.83 bits per heavy atom. The zero-order chi connectivity index (χ0) is 42.4. The fraction of sp³-hybridized carbons (Fsp3) is 0.488. The van der Waals surface area contributed by atoms with E-state index in [4.69, 9.17) is 44.8 Å². The van der Waals surface area contributed by atoms with Gasteiger partial charge in [-0.25, -0.2) is 4.79 Å². The molecule has 1 unspecified atom stereocenters. The molecule has 2 N–H and O–H groups in total. The number of aromatic hydroxyl groups is 1. The number of halogens is 1. The number of hydrogen-bond donors (Lipinski definition) is 2. The normalized spacial score (nSPS) is 27.4. The highest BCUT2D eigenvalue weighted by Crippen LogP contribution is 2.64. The zero-order valence-corrected chi connectivity index (χ0v) is 35.6. The van der Waals surface area contributed by atoms with Crippen LogP contribution in [0.1, 0.15) is 75.2 Å². The van der Waals surface area contributed by atoms with Crippen LogP contribution in [0.5, 0.6) is 40.2 Å². The van der Waals surface area contributed by atoms with Crippen molar-refractivity contribution in [3.8, 4) is 46.3 Å². The molecule has 316 valence electrons. The molecule has 3 aromatic carbocycles. The highest BCUT2D eigenvalue weighted by atomic mass is 35.5. The molecule has 2 fully saturated rings. The van der Waals surface area contributed by atoms with Gasteiger partial charge < -0.3 is 38.3 Å².